The quantitative estimate of drug-likeness (QED) is 0.614. The lowest BCUT2D eigenvalue weighted by molar-refractivity contribution is 0.0516. The maximum atomic E-state index is 10.4. The van der Waals surface area contributed by atoms with E-state index < -0.39 is 0 Å². The molecule has 1 amide bonds. The van der Waals surface area contributed by atoms with Crippen molar-refractivity contribution in [1.29, 1.82) is 0 Å². The SMILES string of the molecule is CCOCC1CNC(=O)O1. The number of carbonyl (C=O) groups excluding carboxylic acids is 1. The van der Waals surface area contributed by atoms with E-state index in [0.717, 1.165) is 0 Å². The Morgan fingerprint density at radius 3 is 3.20 bits per heavy atom. The van der Waals surface area contributed by atoms with Crippen LogP contribution >= 0.6 is 0 Å². The molecular weight excluding hydrogens is 134 g/mol. The Balaban J connectivity index is 2.12. The molecule has 4 nitrogen and oxygen atoms in total. The van der Waals surface area contributed by atoms with Crippen LogP contribution in [0.4, 0.5) is 4.79 Å². The van der Waals surface area contributed by atoms with Crippen LogP contribution in [-0.2, 0) is 9.47 Å². The first kappa shape index (κ1) is 7.34. The highest BCUT2D eigenvalue weighted by atomic mass is 16.6. The first-order valence-electron chi connectivity index (χ1n) is 3.35. The van der Waals surface area contributed by atoms with Crippen molar-refractivity contribution in [2.24, 2.45) is 0 Å². The maximum Gasteiger partial charge on any atom is 0.407 e. The van der Waals surface area contributed by atoms with Gasteiger partial charge in [0.25, 0.3) is 0 Å². The highest BCUT2D eigenvalue weighted by molar-refractivity contribution is 5.69. The first-order valence-corrected chi connectivity index (χ1v) is 3.35. The Hall–Kier alpha value is -0.770. The molecule has 0 aliphatic carbocycles. The van der Waals surface area contributed by atoms with Gasteiger partial charge in [0.1, 0.15) is 6.10 Å². The summed E-state index contributed by atoms with van der Waals surface area (Å²) in [6.45, 7) is 3.63. The van der Waals surface area contributed by atoms with Crippen LogP contribution < -0.4 is 5.32 Å². The Kier molecular flexibility index (Phi) is 2.50. The summed E-state index contributed by atoms with van der Waals surface area (Å²) in [6.07, 6.45) is -0.433. The zero-order valence-corrected chi connectivity index (χ0v) is 5.92. The molecule has 0 radical (unpaired) electrons. The number of alkyl carbamates (subject to hydrolysis) is 1. The minimum absolute atomic E-state index is 0.0903. The molecule has 1 aliphatic heterocycles. The highest BCUT2D eigenvalue weighted by Gasteiger charge is 2.21. The first-order chi connectivity index (χ1) is 4.83. The van der Waals surface area contributed by atoms with Gasteiger partial charge in [-0.05, 0) is 6.92 Å². The zero-order chi connectivity index (χ0) is 7.40. The number of ether oxygens (including phenoxy) is 2. The molecule has 0 bridgehead atoms. The van der Waals surface area contributed by atoms with Gasteiger partial charge in [-0.25, -0.2) is 4.79 Å². The van der Waals surface area contributed by atoms with Gasteiger partial charge in [0, 0.05) is 6.61 Å². The number of amides is 1. The summed E-state index contributed by atoms with van der Waals surface area (Å²) < 4.78 is 9.84. The van der Waals surface area contributed by atoms with Crippen molar-refractivity contribution in [2.45, 2.75) is 13.0 Å². The van der Waals surface area contributed by atoms with Crippen LogP contribution in [0.1, 0.15) is 6.92 Å². The summed E-state index contributed by atoms with van der Waals surface area (Å²) in [5, 5.41) is 2.54. The third-order valence-corrected chi connectivity index (χ3v) is 1.26. The highest BCUT2D eigenvalue weighted by Crippen LogP contribution is 1.99. The van der Waals surface area contributed by atoms with Crippen molar-refractivity contribution in [2.75, 3.05) is 19.8 Å². The number of nitrogens with one attached hydrogen (secondary N) is 1. The predicted molar refractivity (Wildman–Crippen MR) is 34.8 cm³/mol. The summed E-state index contributed by atoms with van der Waals surface area (Å²) in [7, 11) is 0. The van der Waals surface area contributed by atoms with Crippen molar-refractivity contribution in [3.05, 3.63) is 0 Å². The fourth-order valence-corrected chi connectivity index (χ4v) is 0.774. The number of carbonyl (C=O) groups is 1. The molecule has 1 fully saturated rings. The average Bonchev–Trinajstić information content (AvgIpc) is 2.31. The van der Waals surface area contributed by atoms with Gasteiger partial charge in [0.05, 0.1) is 13.2 Å². The van der Waals surface area contributed by atoms with E-state index >= 15 is 0 Å². The summed E-state index contributed by atoms with van der Waals surface area (Å²) in [5.74, 6) is 0. The third kappa shape index (κ3) is 1.88. The van der Waals surface area contributed by atoms with Gasteiger partial charge in [-0.3, -0.25) is 0 Å². The van der Waals surface area contributed by atoms with Crippen LogP contribution in [0.2, 0.25) is 0 Å². The molecule has 1 saturated heterocycles. The molecule has 1 aliphatic rings. The lowest BCUT2D eigenvalue weighted by atomic mass is 10.4. The number of hydrogen-bond donors (Lipinski definition) is 1. The van der Waals surface area contributed by atoms with Gasteiger partial charge in [-0.1, -0.05) is 0 Å². The maximum absolute atomic E-state index is 10.4. The van der Waals surface area contributed by atoms with Crippen LogP contribution in [0.25, 0.3) is 0 Å². The Bertz CT molecular complexity index is 126. The van der Waals surface area contributed by atoms with Crippen LogP contribution in [-0.4, -0.2) is 32.0 Å². The fourth-order valence-electron chi connectivity index (χ4n) is 0.774. The van der Waals surface area contributed by atoms with E-state index in [2.05, 4.69) is 5.32 Å². The molecule has 0 aromatic carbocycles. The Morgan fingerprint density at radius 1 is 1.90 bits per heavy atom. The summed E-state index contributed by atoms with van der Waals surface area (Å²) in [6, 6.07) is 0. The van der Waals surface area contributed by atoms with E-state index in [1.165, 1.54) is 0 Å². The normalized spacial score (nSPS) is 24.1. The molecule has 1 unspecified atom stereocenters. The van der Waals surface area contributed by atoms with E-state index in [1.54, 1.807) is 0 Å². The molecule has 1 heterocycles. The standard InChI is InChI=1S/C6H11NO3/c1-2-9-4-5-3-7-6(8)10-5/h5H,2-4H2,1H3,(H,7,8). The van der Waals surface area contributed by atoms with Crippen molar-refractivity contribution in [1.82, 2.24) is 5.32 Å². The minimum atomic E-state index is -0.343. The van der Waals surface area contributed by atoms with Crippen LogP contribution in [0.3, 0.4) is 0 Å². The Morgan fingerprint density at radius 2 is 2.70 bits per heavy atom. The second kappa shape index (κ2) is 3.41. The van der Waals surface area contributed by atoms with Gasteiger partial charge in [0.15, 0.2) is 0 Å². The molecule has 4 heteroatoms. The van der Waals surface area contributed by atoms with E-state index in [0.29, 0.717) is 19.8 Å². The average molecular weight is 145 g/mol. The van der Waals surface area contributed by atoms with Crippen molar-refractivity contribution < 1.29 is 14.3 Å². The summed E-state index contributed by atoms with van der Waals surface area (Å²) in [4.78, 5) is 10.4. The number of cyclic esters (lactones) is 1. The molecule has 1 atom stereocenters. The predicted octanol–water partition coefficient (Wildman–Crippen LogP) is 0.131. The van der Waals surface area contributed by atoms with Gasteiger partial charge in [0.2, 0.25) is 0 Å². The van der Waals surface area contributed by atoms with E-state index in [1.807, 2.05) is 6.92 Å². The zero-order valence-electron chi connectivity index (χ0n) is 5.92. The minimum Gasteiger partial charge on any atom is -0.442 e. The van der Waals surface area contributed by atoms with Gasteiger partial charge in [-0.15, -0.1) is 0 Å². The molecule has 1 rings (SSSR count). The fraction of sp³-hybridized carbons (Fsp3) is 0.833. The monoisotopic (exact) mass is 145 g/mol. The van der Waals surface area contributed by atoms with E-state index in [9.17, 15) is 4.79 Å². The van der Waals surface area contributed by atoms with Crippen LogP contribution in [0, 0.1) is 0 Å². The largest absolute Gasteiger partial charge is 0.442 e. The molecule has 1 N–H and O–H groups in total. The molecular formula is C6H11NO3. The second-order valence-corrected chi connectivity index (χ2v) is 2.07. The topological polar surface area (TPSA) is 47.6 Å². The summed E-state index contributed by atoms with van der Waals surface area (Å²) in [5.41, 5.74) is 0. The summed E-state index contributed by atoms with van der Waals surface area (Å²) >= 11 is 0. The van der Waals surface area contributed by atoms with Crippen molar-refractivity contribution in [3.63, 3.8) is 0 Å². The van der Waals surface area contributed by atoms with Gasteiger partial charge >= 0.3 is 6.09 Å². The molecule has 0 aromatic heterocycles. The van der Waals surface area contributed by atoms with Crippen molar-refractivity contribution >= 4 is 6.09 Å². The lowest BCUT2D eigenvalue weighted by Crippen LogP contribution is -2.20. The van der Waals surface area contributed by atoms with Crippen LogP contribution in [0.15, 0.2) is 0 Å². The third-order valence-electron chi connectivity index (χ3n) is 1.26. The molecule has 10 heavy (non-hydrogen) atoms. The van der Waals surface area contributed by atoms with E-state index in [4.69, 9.17) is 9.47 Å². The van der Waals surface area contributed by atoms with Gasteiger partial charge in [-0.2, -0.15) is 0 Å². The smallest absolute Gasteiger partial charge is 0.407 e. The Labute approximate surface area is 59.5 Å². The number of rotatable bonds is 3. The second-order valence-electron chi connectivity index (χ2n) is 2.07. The lowest BCUT2D eigenvalue weighted by Gasteiger charge is -2.05. The number of hydrogen-bond acceptors (Lipinski definition) is 3. The molecule has 0 saturated carbocycles. The van der Waals surface area contributed by atoms with E-state index in [-0.39, 0.29) is 12.2 Å². The molecule has 58 valence electrons. The van der Waals surface area contributed by atoms with Crippen molar-refractivity contribution in [3.8, 4) is 0 Å². The van der Waals surface area contributed by atoms with Crippen LogP contribution in [0.5, 0.6) is 0 Å². The molecule has 0 aromatic rings. The molecule has 0 spiro atoms. The van der Waals surface area contributed by atoms with Gasteiger partial charge < -0.3 is 14.8 Å².